The summed E-state index contributed by atoms with van der Waals surface area (Å²) in [5.41, 5.74) is 0.721. The second kappa shape index (κ2) is 5.14. The van der Waals surface area contributed by atoms with E-state index in [2.05, 4.69) is 0 Å². The Kier molecular flexibility index (Phi) is 3.58. The molecule has 0 aliphatic heterocycles. The second-order valence-electron chi connectivity index (χ2n) is 3.85. The lowest BCUT2D eigenvalue weighted by atomic mass is 10.0. The van der Waals surface area contributed by atoms with Crippen LogP contribution in [0.25, 0.3) is 0 Å². The molecule has 0 saturated carbocycles. The molecule has 0 radical (unpaired) electrons. The van der Waals surface area contributed by atoms with E-state index >= 15 is 0 Å². The Morgan fingerprint density at radius 3 is 2.39 bits per heavy atom. The van der Waals surface area contributed by atoms with Gasteiger partial charge in [-0.15, -0.1) is 0 Å². The molecular weight excluding hydrogens is 238 g/mol. The van der Waals surface area contributed by atoms with Gasteiger partial charge in [-0.3, -0.25) is 0 Å². The zero-order valence-corrected chi connectivity index (χ0v) is 9.73. The molecule has 0 saturated heterocycles. The van der Waals surface area contributed by atoms with Crippen molar-refractivity contribution >= 4 is 0 Å². The van der Waals surface area contributed by atoms with Crippen LogP contribution in [0, 0.1) is 11.6 Å². The third-order valence-corrected chi connectivity index (χ3v) is 2.66. The monoisotopic (exact) mass is 250 g/mol. The van der Waals surface area contributed by atoms with Gasteiger partial charge in [0.15, 0.2) is 11.6 Å². The predicted octanol–water partition coefficient (Wildman–Crippen LogP) is 3.06. The van der Waals surface area contributed by atoms with Crippen LogP contribution in [-0.4, -0.2) is 12.2 Å². The van der Waals surface area contributed by atoms with Gasteiger partial charge in [0.05, 0.1) is 7.11 Å². The lowest BCUT2D eigenvalue weighted by Gasteiger charge is -2.12. The van der Waals surface area contributed by atoms with E-state index in [-0.39, 0.29) is 5.75 Å². The Morgan fingerprint density at radius 1 is 1.06 bits per heavy atom. The zero-order chi connectivity index (χ0) is 13.1. The first kappa shape index (κ1) is 12.5. The molecule has 0 bridgehead atoms. The summed E-state index contributed by atoms with van der Waals surface area (Å²) in [7, 11) is 1.36. The van der Waals surface area contributed by atoms with Crippen molar-refractivity contribution in [2.45, 2.75) is 6.10 Å². The first-order chi connectivity index (χ1) is 8.61. The van der Waals surface area contributed by atoms with Crippen molar-refractivity contribution in [1.29, 1.82) is 0 Å². The van der Waals surface area contributed by atoms with Crippen LogP contribution in [-0.2, 0) is 0 Å². The molecule has 1 unspecified atom stereocenters. The van der Waals surface area contributed by atoms with E-state index in [4.69, 9.17) is 4.74 Å². The van der Waals surface area contributed by atoms with Crippen molar-refractivity contribution in [2.75, 3.05) is 7.11 Å². The maximum Gasteiger partial charge on any atom is 0.165 e. The molecule has 2 aromatic rings. The molecule has 4 heteroatoms. The lowest BCUT2D eigenvalue weighted by Crippen LogP contribution is -2.01. The molecule has 0 amide bonds. The third kappa shape index (κ3) is 2.49. The first-order valence-corrected chi connectivity index (χ1v) is 5.39. The Labute approximate surface area is 103 Å². The van der Waals surface area contributed by atoms with E-state index in [0.717, 1.165) is 0 Å². The van der Waals surface area contributed by atoms with Crippen LogP contribution in [0.3, 0.4) is 0 Å². The van der Waals surface area contributed by atoms with E-state index in [0.29, 0.717) is 11.1 Å². The average Bonchev–Trinajstić information content (AvgIpc) is 2.37. The molecule has 94 valence electrons. The second-order valence-corrected chi connectivity index (χ2v) is 3.85. The van der Waals surface area contributed by atoms with Crippen molar-refractivity contribution in [3.05, 3.63) is 65.2 Å². The van der Waals surface area contributed by atoms with Crippen LogP contribution in [0.4, 0.5) is 8.78 Å². The average molecular weight is 250 g/mol. The van der Waals surface area contributed by atoms with Crippen molar-refractivity contribution in [3.8, 4) is 5.75 Å². The molecule has 0 aliphatic carbocycles. The van der Waals surface area contributed by atoms with Crippen LogP contribution in [0.2, 0.25) is 0 Å². The van der Waals surface area contributed by atoms with Gasteiger partial charge in [-0.05, 0) is 35.4 Å². The van der Waals surface area contributed by atoms with Gasteiger partial charge in [0.2, 0.25) is 0 Å². The summed E-state index contributed by atoms with van der Waals surface area (Å²) in [5, 5.41) is 10.0. The summed E-state index contributed by atoms with van der Waals surface area (Å²) in [4.78, 5) is 0. The normalized spacial score (nSPS) is 12.2. The van der Waals surface area contributed by atoms with E-state index < -0.39 is 17.7 Å². The fraction of sp³-hybridized carbons (Fsp3) is 0.143. The van der Waals surface area contributed by atoms with Gasteiger partial charge in [-0.1, -0.05) is 18.2 Å². The summed E-state index contributed by atoms with van der Waals surface area (Å²) in [6.07, 6.45) is -1.07. The summed E-state index contributed by atoms with van der Waals surface area (Å²) >= 11 is 0. The molecule has 0 heterocycles. The lowest BCUT2D eigenvalue weighted by molar-refractivity contribution is 0.219. The van der Waals surface area contributed by atoms with Gasteiger partial charge in [0.25, 0.3) is 0 Å². The Hall–Kier alpha value is -1.94. The Morgan fingerprint density at radius 2 is 1.78 bits per heavy atom. The molecule has 2 rings (SSSR count). The van der Waals surface area contributed by atoms with Crippen LogP contribution < -0.4 is 4.74 Å². The maximum absolute atomic E-state index is 13.5. The standard InChI is InChI=1S/C14H12F2O2/c1-18-13-6-5-10(8-12(13)16)14(17)9-3-2-4-11(15)7-9/h2-8,14,17H,1H3. The van der Waals surface area contributed by atoms with Crippen molar-refractivity contribution in [3.63, 3.8) is 0 Å². The van der Waals surface area contributed by atoms with E-state index in [1.807, 2.05) is 0 Å². The van der Waals surface area contributed by atoms with Crippen molar-refractivity contribution < 1.29 is 18.6 Å². The minimum absolute atomic E-state index is 0.102. The Bertz CT molecular complexity index is 555. The summed E-state index contributed by atoms with van der Waals surface area (Å²) in [6.45, 7) is 0. The molecule has 0 spiro atoms. The maximum atomic E-state index is 13.5. The Balaban J connectivity index is 2.34. The fourth-order valence-corrected chi connectivity index (χ4v) is 1.72. The molecule has 2 nitrogen and oxygen atoms in total. The van der Waals surface area contributed by atoms with Crippen LogP contribution >= 0.6 is 0 Å². The number of methoxy groups -OCH3 is 1. The SMILES string of the molecule is COc1ccc(C(O)c2cccc(F)c2)cc1F. The van der Waals surface area contributed by atoms with Gasteiger partial charge >= 0.3 is 0 Å². The minimum Gasteiger partial charge on any atom is -0.494 e. The topological polar surface area (TPSA) is 29.5 Å². The van der Waals surface area contributed by atoms with Gasteiger partial charge in [0.1, 0.15) is 11.9 Å². The highest BCUT2D eigenvalue weighted by Gasteiger charge is 2.13. The van der Waals surface area contributed by atoms with Crippen molar-refractivity contribution in [1.82, 2.24) is 0 Å². The fourth-order valence-electron chi connectivity index (χ4n) is 1.72. The summed E-state index contributed by atoms with van der Waals surface area (Å²) in [5.74, 6) is -0.906. The number of benzene rings is 2. The van der Waals surface area contributed by atoms with Gasteiger partial charge < -0.3 is 9.84 Å². The molecule has 0 fully saturated rings. The molecule has 2 aromatic carbocycles. The number of hydrogen-bond donors (Lipinski definition) is 1. The highest BCUT2D eigenvalue weighted by Crippen LogP contribution is 2.26. The molecule has 0 aromatic heterocycles. The molecule has 1 atom stereocenters. The predicted molar refractivity (Wildman–Crippen MR) is 63.4 cm³/mol. The van der Waals surface area contributed by atoms with E-state index in [9.17, 15) is 13.9 Å². The summed E-state index contributed by atoms with van der Waals surface area (Å²) < 4.78 is 31.3. The van der Waals surface area contributed by atoms with Gasteiger partial charge in [0, 0.05) is 0 Å². The molecule has 18 heavy (non-hydrogen) atoms. The number of aliphatic hydroxyl groups excluding tert-OH is 1. The number of ether oxygens (including phenoxy) is 1. The van der Waals surface area contributed by atoms with Crippen LogP contribution in [0.1, 0.15) is 17.2 Å². The van der Waals surface area contributed by atoms with Crippen LogP contribution in [0.5, 0.6) is 5.75 Å². The smallest absolute Gasteiger partial charge is 0.165 e. The molecule has 1 N–H and O–H groups in total. The first-order valence-electron chi connectivity index (χ1n) is 5.39. The highest BCUT2D eigenvalue weighted by atomic mass is 19.1. The summed E-state index contributed by atoms with van der Waals surface area (Å²) in [6, 6.07) is 9.71. The number of rotatable bonds is 3. The van der Waals surface area contributed by atoms with Gasteiger partial charge in [-0.2, -0.15) is 0 Å². The van der Waals surface area contributed by atoms with Gasteiger partial charge in [-0.25, -0.2) is 8.78 Å². The number of hydrogen-bond acceptors (Lipinski definition) is 2. The van der Waals surface area contributed by atoms with Crippen molar-refractivity contribution in [2.24, 2.45) is 0 Å². The van der Waals surface area contributed by atoms with E-state index in [1.54, 1.807) is 6.07 Å². The molecular formula is C14H12F2O2. The molecule has 0 aliphatic rings. The zero-order valence-electron chi connectivity index (χ0n) is 9.73. The number of halogens is 2. The quantitative estimate of drug-likeness (QED) is 0.907. The highest BCUT2D eigenvalue weighted by molar-refractivity contribution is 5.35. The minimum atomic E-state index is -1.07. The number of aliphatic hydroxyl groups is 1. The third-order valence-electron chi connectivity index (χ3n) is 2.66. The van der Waals surface area contributed by atoms with E-state index in [1.165, 1.54) is 43.5 Å². The largest absolute Gasteiger partial charge is 0.494 e. The van der Waals surface area contributed by atoms with Crippen LogP contribution in [0.15, 0.2) is 42.5 Å².